The lowest BCUT2D eigenvalue weighted by atomic mass is 10.1. The van der Waals surface area contributed by atoms with Crippen LogP contribution < -0.4 is 5.56 Å². The Morgan fingerprint density at radius 1 is 1.19 bits per heavy atom. The lowest BCUT2D eigenvalue weighted by Gasteiger charge is -2.22. The Kier molecular flexibility index (Phi) is 3.83. The molecule has 0 aliphatic carbocycles. The molecule has 1 aliphatic rings. The SMILES string of the molecule is O=c1[nH]c(CN2CCCC2c2cn[nH]c2)nc2c1cnn2-c1ccccc1. The Morgan fingerprint density at radius 2 is 2.07 bits per heavy atom. The zero-order valence-electron chi connectivity index (χ0n) is 14.7. The van der Waals surface area contributed by atoms with Gasteiger partial charge < -0.3 is 4.98 Å². The van der Waals surface area contributed by atoms with Gasteiger partial charge in [0.15, 0.2) is 5.65 Å². The fourth-order valence-electron chi connectivity index (χ4n) is 3.83. The van der Waals surface area contributed by atoms with Crippen LogP contribution in [0.3, 0.4) is 0 Å². The highest BCUT2D eigenvalue weighted by Gasteiger charge is 2.27. The number of hydrogen-bond acceptors (Lipinski definition) is 5. The molecule has 0 bridgehead atoms. The molecule has 8 heteroatoms. The maximum absolute atomic E-state index is 12.5. The number of likely N-dealkylation sites (tertiary alicyclic amines) is 1. The molecular formula is C19H19N7O. The van der Waals surface area contributed by atoms with Crippen molar-refractivity contribution >= 4 is 11.0 Å². The van der Waals surface area contributed by atoms with Gasteiger partial charge >= 0.3 is 0 Å². The normalized spacial score (nSPS) is 17.7. The number of nitrogens with zero attached hydrogens (tertiary/aromatic N) is 5. The van der Waals surface area contributed by atoms with Gasteiger partial charge in [0.2, 0.25) is 0 Å². The molecule has 1 aliphatic heterocycles. The van der Waals surface area contributed by atoms with E-state index >= 15 is 0 Å². The van der Waals surface area contributed by atoms with Crippen molar-refractivity contribution in [1.29, 1.82) is 0 Å². The third-order valence-electron chi connectivity index (χ3n) is 5.11. The molecule has 1 atom stereocenters. The molecule has 4 heterocycles. The van der Waals surface area contributed by atoms with Crippen LogP contribution in [0.1, 0.15) is 30.3 Å². The van der Waals surface area contributed by atoms with E-state index < -0.39 is 0 Å². The number of aromatic amines is 2. The monoisotopic (exact) mass is 361 g/mol. The van der Waals surface area contributed by atoms with E-state index in [1.807, 2.05) is 42.7 Å². The zero-order chi connectivity index (χ0) is 18.2. The molecule has 0 saturated carbocycles. The van der Waals surface area contributed by atoms with Crippen LogP contribution >= 0.6 is 0 Å². The smallest absolute Gasteiger partial charge is 0.262 e. The lowest BCUT2D eigenvalue weighted by molar-refractivity contribution is 0.242. The summed E-state index contributed by atoms with van der Waals surface area (Å²) in [7, 11) is 0. The molecule has 3 aromatic heterocycles. The number of para-hydroxylation sites is 1. The van der Waals surface area contributed by atoms with Gasteiger partial charge in [-0.25, -0.2) is 9.67 Å². The highest BCUT2D eigenvalue weighted by molar-refractivity contribution is 5.75. The molecule has 5 rings (SSSR count). The quantitative estimate of drug-likeness (QED) is 0.581. The number of rotatable bonds is 4. The van der Waals surface area contributed by atoms with Crippen LogP contribution in [0, 0.1) is 0 Å². The van der Waals surface area contributed by atoms with Gasteiger partial charge in [0.05, 0.1) is 24.6 Å². The van der Waals surface area contributed by atoms with Crippen LogP contribution in [0.4, 0.5) is 0 Å². The minimum atomic E-state index is -0.156. The van der Waals surface area contributed by atoms with Crippen molar-refractivity contribution < 1.29 is 0 Å². The molecular weight excluding hydrogens is 342 g/mol. The molecule has 1 unspecified atom stereocenters. The first-order valence-electron chi connectivity index (χ1n) is 9.05. The van der Waals surface area contributed by atoms with E-state index in [1.165, 1.54) is 5.56 Å². The van der Waals surface area contributed by atoms with Crippen molar-refractivity contribution in [2.75, 3.05) is 6.54 Å². The first kappa shape index (κ1) is 16.0. The predicted molar refractivity (Wildman–Crippen MR) is 100 cm³/mol. The first-order chi connectivity index (χ1) is 13.3. The number of benzene rings is 1. The van der Waals surface area contributed by atoms with Gasteiger partial charge in [0.1, 0.15) is 11.2 Å². The second-order valence-corrected chi connectivity index (χ2v) is 6.80. The van der Waals surface area contributed by atoms with Crippen molar-refractivity contribution in [3.63, 3.8) is 0 Å². The van der Waals surface area contributed by atoms with E-state index in [0.29, 0.717) is 29.4 Å². The molecule has 136 valence electrons. The number of hydrogen-bond donors (Lipinski definition) is 2. The summed E-state index contributed by atoms with van der Waals surface area (Å²) >= 11 is 0. The zero-order valence-corrected chi connectivity index (χ0v) is 14.7. The Bertz CT molecular complexity index is 1110. The largest absolute Gasteiger partial charge is 0.309 e. The van der Waals surface area contributed by atoms with Gasteiger partial charge in [-0.1, -0.05) is 18.2 Å². The molecule has 1 aromatic carbocycles. The van der Waals surface area contributed by atoms with E-state index in [0.717, 1.165) is 25.1 Å². The third kappa shape index (κ3) is 2.83. The Labute approximate surface area is 154 Å². The highest BCUT2D eigenvalue weighted by Crippen LogP contribution is 2.32. The van der Waals surface area contributed by atoms with Gasteiger partial charge in [0, 0.05) is 17.8 Å². The fourth-order valence-corrected chi connectivity index (χ4v) is 3.83. The summed E-state index contributed by atoms with van der Waals surface area (Å²) in [5.41, 5.74) is 2.48. The van der Waals surface area contributed by atoms with Crippen LogP contribution in [0.15, 0.2) is 53.7 Å². The summed E-state index contributed by atoms with van der Waals surface area (Å²) in [5.74, 6) is 0.653. The molecule has 27 heavy (non-hydrogen) atoms. The number of fused-ring (bicyclic) bond motifs is 1. The van der Waals surface area contributed by atoms with Crippen LogP contribution in [-0.4, -0.2) is 41.4 Å². The van der Waals surface area contributed by atoms with Crippen LogP contribution in [0.5, 0.6) is 0 Å². The Hall–Kier alpha value is -3.26. The van der Waals surface area contributed by atoms with Crippen molar-refractivity contribution in [2.24, 2.45) is 0 Å². The van der Waals surface area contributed by atoms with Crippen molar-refractivity contribution in [3.8, 4) is 5.69 Å². The maximum atomic E-state index is 12.5. The maximum Gasteiger partial charge on any atom is 0.262 e. The summed E-state index contributed by atoms with van der Waals surface area (Å²) in [6, 6.07) is 10.0. The number of aromatic nitrogens is 6. The van der Waals surface area contributed by atoms with E-state index in [1.54, 1.807) is 10.9 Å². The molecule has 8 nitrogen and oxygen atoms in total. The van der Waals surface area contributed by atoms with Gasteiger partial charge in [-0.15, -0.1) is 0 Å². The minimum Gasteiger partial charge on any atom is -0.309 e. The van der Waals surface area contributed by atoms with Gasteiger partial charge in [-0.2, -0.15) is 10.2 Å². The highest BCUT2D eigenvalue weighted by atomic mass is 16.1. The van der Waals surface area contributed by atoms with E-state index in [9.17, 15) is 4.79 Å². The molecule has 1 fully saturated rings. The average Bonchev–Trinajstić information content (AvgIpc) is 3.43. The number of H-pyrrole nitrogens is 2. The molecule has 0 radical (unpaired) electrons. The molecule has 0 amide bonds. The third-order valence-corrected chi connectivity index (χ3v) is 5.11. The van der Waals surface area contributed by atoms with E-state index in [-0.39, 0.29) is 5.56 Å². The summed E-state index contributed by atoms with van der Waals surface area (Å²) in [4.78, 5) is 22.5. The minimum absolute atomic E-state index is 0.156. The first-order valence-corrected chi connectivity index (χ1v) is 9.05. The Balaban J connectivity index is 1.51. The lowest BCUT2D eigenvalue weighted by Crippen LogP contribution is -2.25. The average molecular weight is 361 g/mol. The molecule has 2 N–H and O–H groups in total. The van der Waals surface area contributed by atoms with E-state index in [2.05, 4.69) is 25.2 Å². The number of nitrogens with one attached hydrogen (secondary N) is 2. The summed E-state index contributed by atoms with van der Waals surface area (Å²) in [6.45, 7) is 1.55. The summed E-state index contributed by atoms with van der Waals surface area (Å²) < 4.78 is 1.71. The van der Waals surface area contributed by atoms with Crippen LogP contribution in [-0.2, 0) is 6.54 Å². The van der Waals surface area contributed by atoms with Gasteiger partial charge in [-0.3, -0.25) is 14.8 Å². The predicted octanol–water partition coefficient (Wildman–Crippen LogP) is 2.17. The molecule has 0 spiro atoms. The second-order valence-electron chi connectivity index (χ2n) is 6.80. The molecule has 4 aromatic rings. The summed E-state index contributed by atoms with van der Waals surface area (Å²) in [6.07, 6.45) is 7.57. The second kappa shape index (κ2) is 6.48. The molecule has 1 saturated heterocycles. The van der Waals surface area contributed by atoms with E-state index in [4.69, 9.17) is 4.98 Å². The van der Waals surface area contributed by atoms with Gasteiger partial charge in [0.25, 0.3) is 5.56 Å². The topological polar surface area (TPSA) is 95.5 Å². The standard InChI is InChI=1S/C19H19N7O/c27-19-15-11-22-26(14-5-2-1-3-6-14)18(15)23-17(24-19)12-25-8-4-7-16(25)13-9-20-21-10-13/h1-3,5-6,9-11,16H,4,7-8,12H2,(H,20,21)(H,23,24,27). The fraction of sp³-hybridized carbons (Fsp3) is 0.263. The van der Waals surface area contributed by atoms with Crippen LogP contribution in [0.2, 0.25) is 0 Å². The van der Waals surface area contributed by atoms with Crippen molar-refractivity contribution in [3.05, 3.63) is 70.7 Å². The van der Waals surface area contributed by atoms with Crippen LogP contribution in [0.25, 0.3) is 16.7 Å². The van der Waals surface area contributed by atoms with Gasteiger partial charge in [-0.05, 0) is 31.5 Å². The summed E-state index contributed by atoms with van der Waals surface area (Å²) in [5, 5.41) is 11.8. The van der Waals surface area contributed by atoms with Crippen molar-refractivity contribution in [1.82, 2.24) is 34.8 Å². The Morgan fingerprint density at radius 3 is 2.89 bits per heavy atom. The van der Waals surface area contributed by atoms with Crippen molar-refractivity contribution in [2.45, 2.75) is 25.4 Å².